The van der Waals surface area contributed by atoms with Gasteiger partial charge < -0.3 is 10.1 Å². The molecule has 1 N–H and O–H groups in total. The highest BCUT2D eigenvalue weighted by Crippen LogP contribution is 2.13. The molecular weight excluding hydrogens is 312 g/mol. The average molecular weight is 333 g/mol. The predicted octanol–water partition coefficient (Wildman–Crippen LogP) is 3.60. The summed E-state index contributed by atoms with van der Waals surface area (Å²) in [6.45, 7) is 3.54. The van der Waals surface area contributed by atoms with Gasteiger partial charge in [-0.15, -0.1) is 0 Å². The Morgan fingerprint density at radius 2 is 1.96 bits per heavy atom. The van der Waals surface area contributed by atoms with E-state index < -0.39 is 0 Å². The van der Waals surface area contributed by atoms with Crippen molar-refractivity contribution >= 4 is 23.2 Å². The summed E-state index contributed by atoms with van der Waals surface area (Å²) in [7, 11) is 1.89. The number of ether oxygens (including phenoxy) is 1. The summed E-state index contributed by atoms with van der Waals surface area (Å²) in [6, 6.07) is 15.0. The maximum Gasteiger partial charge on any atom is 0.238 e. The van der Waals surface area contributed by atoms with Crippen molar-refractivity contribution in [1.82, 2.24) is 4.90 Å². The second-order valence-corrected chi connectivity index (χ2v) is 5.89. The van der Waals surface area contributed by atoms with E-state index in [1.165, 1.54) is 0 Å². The quantitative estimate of drug-likeness (QED) is 0.842. The molecule has 0 aliphatic carbocycles. The number of anilines is 1. The Kier molecular flexibility index (Phi) is 6.44. The predicted molar refractivity (Wildman–Crippen MR) is 94.3 cm³/mol. The van der Waals surface area contributed by atoms with Gasteiger partial charge in [-0.05, 0) is 55.9 Å². The first kappa shape index (κ1) is 17.3. The lowest BCUT2D eigenvalue weighted by Crippen LogP contribution is -2.33. The first-order valence-electron chi connectivity index (χ1n) is 7.46. The summed E-state index contributed by atoms with van der Waals surface area (Å²) in [5.74, 6) is 0.786. The highest BCUT2D eigenvalue weighted by atomic mass is 35.5. The van der Waals surface area contributed by atoms with Crippen LogP contribution >= 0.6 is 11.6 Å². The molecule has 0 fully saturated rings. The van der Waals surface area contributed by atoms with Crippen molar-refractivity contribution in [1.29, 1.82) is 0 Å². The Labute approximate surface area is 142 Å². The molecule has 5 heteroatoms. The summed E-state index contributed by atoms with van der Waals surface area (Å²) in [6.07, 6.45) is 0. The Morgan fingerprint density at radius 1 is 1.22 bits per heavy atom. The molecule has 0 saturated carbocycles. The van der Waals surface area contributed by atoms with Crippen molar-refractivity contribution in [3.63, 3.8) is 0 Å². The van der Waals surface area contributed by atoms with Gasteiger partial charge >= 0.3 is 0 Å². The van der Waals surface area contributed by atoms with E-state index in [-0.39, 0.29) is 5.91 Å². The SMILES string of the molecule is Cc1cccc(OCCN(C)CC(=O)Nc2ccc(Cl)cc2)c1. The molecule has 0 aromatic heterocycles. The standard InChI is InChI=1S/C18H21ClN2O2/c1-14-4-3-5-17(12-14)23-11-10-21(2)13-18(22)20-16-8-6-15(19)7-9-16/h3-9,12H,10-11,13H2,1-2H3,(H,20,22). The van der Waals surface area contributed by atoms with Crippen LogP contribution in [-0.2, 0) is 4.79 Å². The number of nitrogens with zero attached hydrogens (tertiary/aromatic N) is 1. The van der Waals surface area contributed by atoms with Gasteiger partial charge in [0, 0.05) is 17.3 Å². The van der Waals surface area contributed by atoms with Crippen molar-refractivity contribution in [3.05, 3.63) is 59.1 Å². The number of amides is 1. The zero-order valence-electron chi connectivity index (χ0n) is 13.4. The van der Waals surface area contributed by atoms with E-state index >= 15 is 0 Å². The van der Waals surface area contributed by atoms with Crippen LogP contribution in [0.3, 0.4) is 0 Å². The number of carbonyl (C=O) groups excluding carboxylic acids is 1. The molecule has 0 saturated heterocycles. The van der Waals surface area contributed by atoms with Gasteiger partial charge in [0.15, 0.2) is 0 Å². The largest absolute Gasteiger partial charge is 0.492 e. The molecule has 0 radical (unpaired) electrons. The summed E-state index contributed by atoms with van der Waals surface area (Å²) in [5.41, 5.74) is 1.90. The Balaban J connectivity index is 1.70. The summed E-state index contributed by atoms with van der Waals surface area (Å²) < 4.78 is 5.68. The van der Waals surface area contributed by atoms with E-state index in [1.54, 1.807) is 24.3 Å². The van der Waals surface area contributed by atoms with Gasteiger partial charge in [-0.25, -0.2) is 0 Å². The third-order valence-electron chi connectivity index (χ3n) is 3.27. The summed E-state index contributed by atoms with van der Waals surface area (Å²) in [5, 5.41) is 3.48. The van der Waals surface area contributed by atoms with Gasteiger partial charge in [0.1, 0.15) is 12.4 Å². The molecule has 0 aliphatic heterocycles. The Bertz CT molecular complexity index is 644. The minimum Gasteiger partial charge on any atom is -0.492 e. The van der Waals surface area contributed by atoms with Crippen LogP contribution in [0.25, 0.3) is 0 Å². The van der Waals surface area contributed by atoms with Gasteiger partial charge in [0.2, 0.25) is 5.91 Å². The van der Waals surface area contributed by atoms with Crippen LogP contribution in [0.5, 0.6) is 5.75 Å². The zero-order valence-corrected chi connectivity index (χ0v) is 14.1. The normalized spacial score (nSPS) is 10.6. The lowest BCUT2D eigenvalue weighted by molar-refractivity contribution is -0.117. The van der Waals surface area contributed by atoms with Gasteiger partial charge in [-0.3, -0.25) is 9.69 Å². The molecule has 23 heavy (non-hydrogen) atoms. The van der Waals surface area contributed by atoms with Crippen LogP contribution in [0.4, 0.5) is 5.69 Å². The van der Waals surface area contributed by atoms with Crippen LogP contribution in [0.2, 0.25) is 5.02 Å². The van der Waals surface area contributed by atoms with Gasteiger partial charge in [0.25, 0.3) is 0 Å². The molecule has 0 aliphatic rings. The number of halogens is 1. The first-order valence-corrected chi connectivity index (χ1v) is 7.84. The summed E-state index contributed by atoms with van der Waals surface area (Å²) in [4.78, 5) is 13.9. The van der Waals surface area contributed by atoms with Crippen molar-refractivity contribution in [2.45, 2.75) is 6.92 Å². The number of hydrogen-bond acceptors (Lipinski definition) is 3. The maximum absolute atomic E-state index is 12.0. The van der Waals surface area contributed by atoms with Crippen LogP contribution in [0.15, 0.2) is 48.5 Å². The van der Waals surface area contributed by atoms with E-state index in [0.29, 0.717) is 24.7 Å². The monoisotopic (exact) mass is 332 g/mol. The number of aryl methyl sites for hydroxylation is 1. The van der Waals surface area contributed by atoms with Crippen molar-refractivity contribution in [2.24, 2.45) is 0 Å². The molecule has 4 nitrogen and oxygen atoms in total. The van der Waals surface area contributed by atoms with Crippen LogP contribution < -0.4 is 10.1 Å². The molecule has 122 valence electrons. The number of nitrogens with one attached hydrogen (secondary N) is 1. The Hall–Kier alpha value is -2.04. The summed E-state index contributed by atoms with van der Waals surface area (Å²) >= 11 is 5.82. The molecular formula is C18H21ClN2O2. The van der Waals surface area contributed by atoms with E-state index in [0.717, 1.165) is 17.0 Å². The van der Waals surface area contributed by atoms with Crippen LogP contribution in [0.1, 0.15) is 5.56 Å². The highest BCUT2D eigenvalue weighted by molar-refractivity contribution is 6.30. The minimum atomic E-state index is -0.0645. The van der Waals surface area contributed by atoms with Gasteiger partial charge in [0.05, 0.1) is 6.54 Å². The second-order valence-electron chi connectivity index (χ2n) is 5.46. The fourth-order valence-corrected chi connectivity index (χ4v) is 2.21. The van der Waals surface area contributed by atoms with Crippen molar-refractivity contribution in [2.75, 3.05) is 32.1 Å². The smallest absolute Gasteiger partial charge is 0.238 e. The van der Waals surface area contributed by atoms with Crippen molar-refractivity contribution in [3.8, 4) is 5.75 Å². The molecule has 2 aromatic carbocycles. The van der Waals surface area contributed by atoms with Crippen LogP contribution in [0, 0.1) is 6.92 Å². The van der Waals surface area contributed by atoms with E-state index in [1.807, 2.05) is 43.1 Å². The topological polar surface area (TPSA) is 41.6 Å². The first-order chi connectivity index (χ1) is 11.0. The maximum atomic E-state index is 12.0. The molecule has 2 rings (SSSR count). The number of likely N-dealkylation sites (N-methyl/N-ethyl adjacent to an activating group) is 1. The molecule has 0 spiro atoms. The van der Waals surface area contributed by atoms with E-state index in [4.69, 9.17) is 16.3 Å². The highest BCUT2D eigenvalue weighted by Gasteiger charge is 2.07. The molecule has 0 unspecified atom stereocenters. The van der Waals surface area contributed by atoms with E-state index in [9.17, 15) is 4.79 Å². The third-order valence-corrected chi connectivity index (χ3v) is 3.52. The van der Waals surface area contributed by atoms with Crippen molar-refractivity contribution < 1.29 is 9.53 Å². The van der Waals surface area contributed by atoms with Gasteiger partial charge in [-0.2, -0.15) is 0 Å². The Morgan fingerprint density at radius 3 is 2.65 bits per heavy atom. The number of carbonyl (C=O) groups is 1. The lowest BCUT2D eigenvalue weighted by atomic mass is 10.2. The van der Waals surface area contributed by atoms with Crippen LogP contribution in [-0.4, -0.2) is 37.6 Å². The molecule has 2 aromatic rings. The molecule has 1 amide bonds. The number of benzene rings is 2. The van der Waals surface area contributed by atoms with Gasteiger partial charge in [-0.1, -0.05) is 23.7 Å². The number of hydrogen-bond donors (Lipinski definition) is 1. The molecule has 0 bridgehead atoms. The zero-order chi connectivity index (χ0) is 16.7. The molecule has 0 atom stereocenters. The fraction of sp³-hybridized carbons (Fsp3) is 0.278. The molecule has 0 heterocycles. The third kappa shape index (κ3) is 6.30. The minimum absolute atomic E-state index is 0.0645. The average Bonchev–Trinajstić information content (AvgIpc) is 2.49. The number of rotatable bonds is 7. The fourth-order valence-electron chi connectivity index (χ4n) is 2.08. The second kappa shape index (κ2) is 8.56. The van der Waals surface area contributed by atoms with E-state index in [2.05, 4.69) is 5.32 Å². The lowest BCUT2D eigenvalue weighted by Gasteiger charge is -2.16.